The first-order valence-electron chi connectivity index (χ1n) is 4.91. The molecule has 1 atom stereocenters. The lowest BCUT2D eigenvalue weighted by Crippen LogP contribution is -2.43. The molecule has 0 aromatic carbocycles. The zero-order valence-electron chi connectivity index (χ0n) is 8.31. The Bertz CT molecular complexity index is 171. The average Bonchev–Trinajstić information content (AvgIpc) is 2.19. The van der Waals surface area contributed by atoms with Crippen molar-refractivity contribution in [1.29, 1.82) is 0 Å². The van der Waals surface area contributed by atoms with Crippen molar-refractivity contribution in [1.82, 2.24) is 4.90 Å². The molecule has 0 amide bonds. The highest BCUT2D eigenvalue weighted by Gasteiger charge is 2.34. The molecule has 0 radical (unpaired) electrons. The second-order valence-electron chi connectivity index (χ2n) is 3.58. The normalized spacial score (nSPS) is 22.3. The van der Waals surface area contributed by atoms with Gasteiger partial charge in [-0.3, -0.25) is 9.64 Å². The van der Waals surface area contributed by atoms with Gasteiger partial charge in [-0.15, -0.1) is 0 Å². The maximum absolute atomic E-state index is 12.5. The molecule has 14 heavy (non-hydrogen) atoms. The molecular formula is C9H16F3NO. The number of alkyl halides is 3. The summed E-state index contributed by atoms with van der Waals surface area (Å²) in [6.45, 7) is 1.28. The number of likely N-dealkylation sites (tertiary alicyclic amines) is 1. The number of halogens is 3. The van der Waals surface area contributed by atoms with E-state index in [1.165, 1.54) is 6.92 Å². The van der Waals surface area contributed by atoms with E-state index in [9.17, 15) is 13.2 Å². The molecule has 1 aliphatic heterocycles. The molecule has 0 aromatic rings. The van der Waals surface area contributed by atoms with E-state index in [0.29, 0.717) is 0 Å². The number of piperidine rings is 1. The molecule has 2 nitrogen and oxygen atoms in total. The Labute approximate surface area is 82.0 Å². The van der Waals surface area contributed by atoms with Crippen LogP contribution in [-0.2, 0) is 4.74 Å². The van der Waals surface area contributed by atoms with E-state index in [1.54, 1.807) is 0 Å². The van der Waals surface area contributed by atoms with Gasteiger partial charge in [-0.25, -0.2) is 4.39 Å². The zero-order valence-corrected chi connectivity index (χ0v) is 8.31. The highest BCUT2D eigenvalue weighted by Crippen LogP contribution is 2.21. The van der Waals surface area contributed by atoms with Crippen LogP contribution in [0, 0.1) is 0 Å². The second kappa shape index (κ2) is 4.98. The molecule has 1 unspecified atom stereocenters. The van der Waals surface area contributed by atoms with Crippen LogP contribution in [-0.4, -0.2) is 37.0 Å². The minimum Gasteiger partial charge on any atom is -0.300 e. The summed E-state index contributed by atoms with van der Waals surface area (Å²) >= 11 is 0. The summed E-state index contributed by atoms with van der Waals surface area (Å²) in [5, 5.41) is 0. The van der Waals surface area contributed by atoms with Crippen molar-refractivity contribution in [3.8, 4) is 0 Å². The first-order chi connectivity index (χ1) is 6.55. The maximum Gasteiger partial charge on any atom is 0.385 e. The molecule has 0 aliphatic carbocycles. The van der Waals surface area contributed by atoms with Crippen LogP contribution in [0.1, 0.15) is 26.2 Å². The van der Waals surface area contributed by atoms with Crippen LogP contribution in [0.15, 0.2) is 0 Å². The fourth-order valence-corrected chi connectivity index (χ4v) is 1.64. The van der Waals surface area contributed by atoms with Crippen molar-refractivity contribution in [2.75, 3.05) is 19.8 Å². The van der Waals surface area contributed by atoms with Crippen LogP contribution >= 0.6 is 0 Å². The highest BCUT2D eigenvalue weighted by atomic mass is 19.3. The Morgan fingerprint density at radius 3 is 2.36 bits per heavy atom. The van der Waals surface area contributed by atoms with Crippen molar-refractivity contribution >= 4 is 0 Å². The summed E-state index contributed by atoms with van der Waals surface area (Å²) in [5.74, 6) is 0. The minimum absolute atomic E-state index is 0.707. The van der Waals surface area contributed by atoms with Gasteiger partial charge < -0.3 is 0 Å². The van der Waals surface area contributed by atoms with Crippen molar-refractivity contribution in [2.24, 2.45) is 0 Å². The van der Waals surface area contributed by atoms with Gasteiger partial charge in [0.05, 0.1) is 0 Å². The van der Waals surface area contributed by atoms with E-state index >= 15 is 0 Å². The molecule has 0 saturated carbocycles. The Morgan fingerprint density at radius 1 is 1.29 bits per heavy atom. The Kier molecular flexibility index (Phi) is 4.19. The van der Waals surface area contributed by atoms with E-state index in [0.717, 1.165) is 32.4 Å². The number of hydrogen-bond donors (Lipinski definition) is 0. The van der Waals surface area contributed by atoms with Crippen LogP contribution < -0.4 is 0 Å². The van der Waals surface area contributed by atoms with Gasteiger partial charge in [0.2, 0.25) is 0 Å². The van der Waals surface area contributed by atoms with Crippen LogP contribution in [0.5, 0.6) is 0 Å². The SMILES string of the molecule is CC(OC(F)(F)CF)N1CCCCC1. The number of rotatable bonds is 4. The Morgan fingerprint density at radius 2 is 1.86 bits per heavy atom. The van der Waals surface area contributed by atoms with Crippen LogP contribution in [0.4, 0.5) is 13.2 Å². The maximum atomic E-state index is 12.5. The van der Waals surface area contributed by atoms with E-state index < -0.39 is 19.0 Å². The van der Waals surface area contributed by atoms with Gasteiger partial charge in [-0.2, -0.15) is 8.78 Å². The fourth-order valence-electron chi connectivity index (χ4n) is 1.64. The summed E-state index contributed by atoms with van der Waals surface area (Å²) in [5.41, 5.74) is 0. The molecule has 1 saturated heterocycles. The molecule has 5 heteroatoms. The zero-order chi connectivity index (χ0) is 10.6. The van der Waals surface area contributed by atoms with Gasteiger partial charge in [0.1, 0.15) is 6.23 Å². The minimum atomic E-state index is -3.64. The van der Waals surface area contributed by atoms with Crippen LogP contribution in [0.25, 0.3) is 0 Å². The van der Waals surface area contributed by atoms with Crippen LogP contribution in [0.2, 0.25) is 0 Å². The lowest BCUT2D eigenvalue weighted by atomic mass is 10.1. The van der Waals surface area contributed by atoms with Crippen molar-refractivity contribution < 1.29 is 17.9 Å². The van der Waals surface area contributed by atoms with Gasteiger partial charge in [0.15, 0.2) is 6.67 Å². The lowest BCUT2D eigenvalue weighted by Gasteiger charge is -2.33. The summed E-state index contributed by atoms with van der Waals surface area (Å²) in [6.07, 6.45) is -1.23. The van der Waals surface area contributed by atoms with Crippen LogP contribution in [0.3, 0.4) is 0 Å². The van der Waals surface area contributed by atoms with Gasteiger partial charge in [0.25, 0.3) is 0 Å². The molecule has 0 N–H and O–H groups in total. The monoisotopic (exact) mass is 211 g/mol. The molecule has 1 rings (SSSR count). The van der Waals surface area contributed by atoms with Gasteiger partial charge in [-0.1, -0.05) is 6.42 Å². The molecular weight excluding hydrogens is 195 g/mol. The van der Waals surface area contributed by atoms with Gasteiger partial charge >= 0.3 is 6.11 Å². The Hall–Kier alpha value is -0.290. The summed E-state index contributed by atoms with van der Waals surface area (Å²) < 4.78 is 41.2. The van der Waals surface area contributed by atoms with Gasteiger partial charge in [0, 0.05) is 13.1 Å². The third-order valence-corrected chi connectivity index (χ3v) is 2.40. The largest absolute Gasteiger partial charge is 0.385 e. The standard InChI is InChI=1S/C9H16F3NO/c1-8(14-9(11,12)7-10)13-5-3-2-4-6-13/h8H,2-7H2,1H3. The second-order valence-corrected chi connectivity index (χ2v) is 3.58. The fraction of sp³-hybridized carbons (Fsp3) is 1.00. The number of ether oxygens (including phenoxy) is 1. The highest BCUT2D eigenvalue weighted by molar-refractivity contribution is 4.67. The predicted molar refractivity (Wildman–Crippen MR) is 46.9 cm³/mol. The number of hydrogen-bond acceptors (Lipinski definition) is 2. The molecule has 1 heterocycles. The van der Waals surface area contributed by atoms with Crippen molar-refractivity contribution in [2.45, 2.75) is 38.5 Å². The third kappa shape index (κ3) is 3.46. The first-order valence-corrected chi connectivity index (χ1v) is 4.91. The van der Waals surface area contributed by atoms with E-state index in [1.807, 2.05) is 4.90 Å². The quantitative estimate of drug-likeness (QED) is 0.708. The van der Waals surface area contributed by atoms with E-state index in [-0.39, 0.29) is 0 Å². The van der Waals surface area contributed by atoms with Gasteiger partial charge in [-0.05, 0) is 19.8 Å². The summed E-state index contributed by atoms with van der Waals surface area (Å²) in [7, 11) is 0. The Balaban J connectivity index is 2.36. The first kappa shape index (κ1) is 11.8. The molecule has 1 fully saturated rings. The third-order valence-electron chi connectivity index (χ3n) is 2.40. The lowest BCUT2D eigenvalue weighted by molar-refractivity contribution is -0.291. The predicted octanol–water partition coefficient (Wildman–Crippen LogP) is 2.40. The number of nitrogens with zero attached hydrogens (tertiary/aromatic N) is 1. The van der Waals surface area contributed by atoms with Crippen molar-refractivity contribution in [3.63, 3.8) is 0 Å². The smallest absolute Gasteiger partial charge is 0.300 e. The molecule has 0 bridgehead atoms. The molecule has 84 valence electrons. The summed E-state index contributed by atoms with van der Waals surface area (Å²) in [4.78, 5) is 1.81. The molecule has 0 aromatic heterocycles. The summed E-state index contributed by atoms with van der Waals surface area (Å²) in [6, 6.07) is 0. The molecule has 0 spiro atoms. The molecule has 1 aliphatic rings. The van der Waals surface area contributed by atoms with E-state index in [4.69, 9.17) is 0 Å². The van der Waals surface area contributed by atoms with Crippen molar-refractivity contribution in [3.05, 3.63) is 0 Å². The average molecular weight is 211 g/mol. The van der Waals surface area contributed by atoms with E-state index in [2.05, 4.69) is 4.74 Å². The topological polar surface area (TPSA) is 12.5 Å².